The van der Waals surface area contributed by atoms with Crippen molar-refractivity contribution in [2.45, 2.75) is 56.1 Å². The van der Waals surface area contributed by atoms with Gasteiger partial charge < -0.3 is 14.3 Å². The van der Waals surface area contributed by atoms with Gasteiger partial charge in [0.2, 0.25) is 0 Å². The van der Waals surface area contributed by atoms with Crippen molar-refractivity contribution in [3.8, 4) is 0 Å². The minimum Gasteiger partial charge on any atom is -0.367 e. The Labute approximate surface area is 87.6 Å². The number of aldehydes is 1. The zero-order chi connectivity index (χ0) is 10.4. The maximum Gasteiger partial charge on any atom is 0.151 e. The molecule has 4 heteroatoms. The largest absolute Gasteiger partial charge is 0.367 e. The molecule has 2 aliphatic rings. The monoisotopic (exact) mass is 211 g/mol. The number of carbonyl (C=O) groups excluding carboxylic acids is 1. The molecule has 2 saturated heterocycles. The molecule has 0 N–H and O–H groups in total. The zero-order valence-electron chi connectivity index (χ0n) is 8.58. The summed E-state index contributed by atoms with van der Waals surface area (Å²) in [6.07, 6.45) is 2.91. The lowest BCUT2D eigenvalue weighted by molar-refractivity contribution is -0.108. The summed E-state index contributed by atoms with van der Waals surface area (Å²) in [4.78, 5) is 10.5. The summed E-state index contributed by atoms with van der Waals surface area (Å²) in [6, 6.07) is 0.867. The van der Waals surface area contributed by atoms with Crippen molar-refractivity contribution >= 4 is 16.5 Å². The van der Waals surface area contributed by atoms with E-state index in [0.29, 0.717) is 6.10 Å². The summed E-state index contributed by atoms with van der Waals surface area (Å²) < 4.78 is 10.9. The Morgan fingerprint density at radius 2 is 2.07 bits per heavy atom. The Balaban J connectivity index is 1.73. The van der Waals surface area contributed by atoms with Crippen LogP contribution in [0.4, 0.5) is 0 Å². The van der Waals surface area contributed by atoms with E-state index < -0.39 is 0 Å². The highest BCUT2D eigenvalue weighted by atomic mass is 28.1. The van der Waals surface area contributed by atoms with Gasteiger partial charge in [-0.05, 0) is 32.7 Å². The van der Waals surface area contributed by atoms with Crippen molar-refractivity contribution in [2.24, 2.45) is 0 Å². The molecule has 0 aliphatic carbocycles. The van der Waals surface area contributed by atoms with Crippen molar-refractivity contribution < 1.29 is 14.3 Å². The van der Waals surface area contributed by atoms with Crippen molar-refractivity contribution in [1.29, 1.82) is 0 Å². The normalized spacial score (nSPS) is 50.2. The first-order chi connectivity index (χ1) is 6.54. The average molecular weight is 211 g/mol. The van der Waals surface area contributed by atoms with E-state index in [0.717, 1.165) is 25.2 Å². The molecule has 0 aromatic rings. The summed E-state index contributed by atoms with van der Waals surface area (Å²) >= 11 is 0. The lowest BCUT2D eigenvalue weighted by Crippen LogP contribution is -2.14. The first-order valence-corrected chi connectivity index (χ1v) is 5.70. The molecule has 0 bridgehead atoms. The molecule has 0 aromatic heterocycles. The Hall–Kier alpha value is -0.193. The van der Waals surface area contributed by atoms with Gasteiger partial charge in [0.1, 0.15) is 6.10 Å². The molecular weight excluding hydrogens is 196 g/mol. The molecule has 0 saturated carbocycles. The number of rotatable bonds is 5. The zero-order valence-corrected chi connectivity index (χ0v) is 9.58. The van der Waals surface area contributed by atoms with Crippen molar-refractivity contribution in [3.63, 3.8) is 0 Å². The fourth-order valence-electron chi connectivity index (χ4n) is 1.86. The first kappa shape index (κ1) is 10.3. The van der Waals surface area contributed by atoms with Crippen molar-refractivity contribution in [2.75, 3.05) is 0 Å². The van der Waals surface area contributed by atoms with Crippen LogP contribution in [0.3, 0.4) is 0 Å². The van der Waals surface area contributed by atoms with Gasteiger partial charge in [-0.25, -0.2) is 0 Å². The minimum absolute atomic E-state index is 0.0127. The number of hydrogen-bond acceptors (Lipinski definition) is 3. The molecule has 0 spiro atoms. The van der Waals surface area contributed by atoms with Crippen LogP contribution in [0.1, 0.15) is 26.7 Å². The number of carbonyl (C=O) groups is 1. The van der Waals surface area contributed by atoms with Gasteiger partial charge in [0.25, 0.3) is 0 Å². The van der Waals surface area contributed by atoms with Gasteiger partial charge in [-0.3, -0.25) is 0 Å². The van der Waals surface area contributed by atoms with Gasteiger partial charge in [-0.2, -0.15) is 0 Å². The van der Waals surface area contributed by atoms with Crippen molar-refractivity contribution in [1.82, 2.24) is 0 Å². The summed E-state index contributed by atoms with van der Waals surface area (Å²) in [5.74, 6) is 0. The molecule has 4 atom stereocenters. The fraction of sp³-hybridized carbons (Fsp3) is 0.900. The van der Waals surface area contributed by atoms with E-state index in [1.165, 1.54) is 0 Å². The third-order valence-corrected chi connectivity index (χ3v) is 4.06. The second-order valence-corrected chi connectivity index (χ2v) is 4.98. The summed E-state index contributed by atoms with van der Waals surface area (Å²) in [5, 5.41) is 0. The van der Waals surface area contributed by atoms with E-state index in [4.69, 9.17) is 9.47 Å². The molecule has 3 nitrogen and oxygen atoms in total. The fourth-order valence-corrected chi connectivity index (χ4v) is 2.17. The van der Waals surface area contributed by atoms with Gasteiger partial charge in [0, 0.05) is 10.2 Å². The maximum absolute atomic E-state index is 10.5. The summed E-state index contributed by atoms with van der Waals surface area (Å²) in [7, 11) is 3.47. The van der Waals surface area contributed by atoms with Crippen LogP contribution in [0, 0.1) is 0 Å². The van der Waals surface area contributed by atoms with Crippen molar-refractivity contribution in [3.05, 3.63) is 0 Å². The second-order valence-electron chi connectivity index (χ2n) is 4.62. The Bertz CT molecular complexity index is 258. The molecule has 4 unspecified atom stereocenters. The van der Waals surface area contributed by atoms with E-state index in [9.17, 15) is 4.79 Å². The molecule has 2 heterocycles. The van der Waals surface area contributed by atoms with E-state index in [1.54, 1.807) is 0 Å². The van der Waals surface area contributed by atoms with E-state index in [2.05, 4.69) is 17.2 Å². The van der Waals surface area contributed by atoms with Crippen LogP contribution in [-0.2, 0) is 14.3 Å². The minimum atomic E-state index is -0.208. The van der Waals surface area contributed by atoms with Crippen LogP contribution in [-0.4, -0.2) is 39.9 Å². The predicted molar refractivity (Wildman–Crippen MR) is 52.4 cm³/mol. The Kier molecular flexibility index (Phi) is 2.32. The first-order valence-electron chi connectivity index (χ1n) is 4.99. The molecular formula is C10H15O3Si. The number of epoxide rings is 2. The Morgan fingerprint density at radius 1 is 1.36 bits per heavy atom. The van der Waals surface area contributed by atoms with Crippen LogP contribution in [0.5, 0.6) is 0 Å². The quantitative estimate of drug-likeness (QED) is 0.385. The van der Waals surface area contributed by atoms with E-state index >= 15 is 0 Å². The van der Waals surface area contributed by atoms with Gasteiger partial charge in [-0.15, -0.1) is 0 Å². The van der Waals surface area contributed by atoms with Crippen LogP contribution >= 0.6 is 0 Å². The van der Waals surface area contributed by atoms with E-state index in [-0.39, 0.29) is 17.3 Å². The van der Waals surface area contributed by atoms with Gasteiger partial charge in [0.05, 0.1) is 17.3 Å². The third kappa shape index (κ3) is 1.66. The van der Waals surface area contributed by atoms with Gasteiger partial charge in [-0.1, -0.05) is 0 Å². The van der Waals surface area contributed by atoms with Crippen LogP contribution < -0.4 is 0 Å². The molecule has 0 amide bonds. The smallest absolute Gasteiger partial charge is 0.151 e. The standard InChI is InChI=1S/C10H15O3Si/c1-9(8(5-11)13-9)4-3-7-10(2,6-14)12-7/h5,7-8H,3-4,6H2,1-2H3. The summed E-state index contributed by atoms with van der Waals surface area (Å²) in [5.41, 5.74) is -0.195. The predicted octanol–water partition coefficient (Wildman–Crippen LogP) is 0.867. The Morgan fingerprint density at radius 3 is 2.50 bits per heavy atom. The maximum atomic E-state index is 10.5. The summed E-state index contributed by atoms with van der Waals surface area (Å²) in [6.45, 7) is 4.08. The second kappa shape index (κ2) is 3.15. The van der Waals surface area contributed by atoms with Crippen LogP contribution in [0.2, 0.25) is 6.04 Å². The van der Waals surface area contributed by atoms with E-state index in [1.807, 2.05) is 6.92 Å². The van der Waals surface area contributed by atoms with Crippen LogP contribution in [0.25, 0.3) is 0 Å². The SMILES string of the molecule is CC1(CCC2OC2(C)C[Si])OC1C=O. The molecule has 2 rings (SSSR count). The highest BCUT2D eigenvalue weighted by Gasteiger charge is 2.56. The molecule has 0 aromatic carbocycles. The molecule has 77 valence electrons. The average Bonchev–Trinajstić information content (AvgIpc) is 3.02. The lowest BCUT2D eigenvalue weighted by Gasteiger charge is -2.04. The third-order valence-electron chi connectivity index (χ3n) is 3.35. The number of hydrogen-bond donors (Lipinski definition) is 0. The molecule has 3 radical (unpaired) electrons. The highest BCUT2D eigenvalue weighted by molar-refractivity contribution is 6.09. The highest BCUT2D eigenvalue weighted by Crippen LogP contribution is 2.46. The number of ether oxygens (including phenoxy) is 2. The molecule has 2 fully saturated rings. The van der Waals surface area contributed by atoms with Crippen LogP contribution in [0.15, 0.2) is 0 Å². The molecule has 2 aliphatic heterocycles. The topological polar surface area (TPSA) is 42.1 Å². The lowest BCUT2D eigenvalue weighted by atomic mass is 9.97. The van der Waals surface area contributed by atoms with Gasteiger partial charge >= 0.3 is 0 Å². The molecule has 14 heavy (non-hydrogen) atoms. The van der Waals surface area contributed by atoms with Gasteiger partial charge in [0.15, 0.2) is 6.29 Å².